The zero-order valence-electron chi connectivity index (χ0n) is 12.0. The number of para-hydroxylation sites is 1. The van der Waals surface area contributed by atoms with E-state index in [0.717, 1.165) is 11.3 Å². The molecule has 2 aromatic carbocycles. The van der Waals surface area contributed by atoms with E-state index in [2.05, 4.69) is 44.2 Å². The fourth-order valence-corrected chi connectivity index (χ4v) is 1.75. The van der Waals surface area contributed by atoms with Gasteiger partial charge in [-0.15, -0.1) is 0 Å². The minimum absolute atomic E-state index is 0.488. The van der Waals surface area contributed by atoms with Crippen LogP contribution in [-0.4, -0.2) is 0 Å². The molecule has 102 valence electrons. The normalized spacial score (nSPS) is 11.6. The van der Waals surface area contributed by atoms with Gasteiger partial charge in [0.2, 0.25) is 0 Å². The molecule has 0 atom stereocenters. The van der Waals surface area contributed by atoms with Crippen LogP contribution < -0.4 is 4.74 Å². The maximum atomic E-state index is 5.70. The summed E-state index contributed by atoms with van der Waals surface area (Å²) in [6.07, 6.45) is 7.97. The van der Waals surface area contributed by atoms with Gasteiger partial charge in [0.1, 0.15) is 5.75 Å². The van der Waals surface area contributed by atoms with Crippen molar-refractivity contribution in [2.75, 3.05) is 0 Å². The lowest BCUT2D eigenvalue weighted by atomic mass is 10.1. The Labute approximate surface area is 121 Å². The first-order valence-corrected chi connectivity index (χ1v) is 6.91. The van der Waals surface area contributed by atoms with Crippen molar-refractivity contribution in [3.63, 3.8) is 0 Å². The van der Waals surface area contributed by atoms with Gasteiger partial charge in [-0.3, -0.25) is 0 Å². The third-order valence-electron chi connectivity index (χ3n) is 2.83. The maximum Gasteiger partial charge on any atom is 0.133 e. The Balaban J connectivity index is 2.14. The molecule has 0 aliphatic carbocycles. The van der Waals surface area contributed by atoms with Crippen molar-refractivity contribution < 1.29 is 4.74 Å². The summed E-state index contributed by atoms with van der Waals surface area (Å²) in [4.78, 5) is 0. The summed E-state index contributed by atoms with van der Waals surface area (Å²) in [5.41, 5.74) is 2.25. The van der Waals surface area contributed by atoms with Crippen LogP contribution in [0.4, 0.5) is 0 Å². The zero-order valence-corrected chi connectivity index (χ0v) is 12.0. The van der Waals surface area contributed by atoms with Crippen LogP contribution in [0.25, 0.3) is 12.2 Å². The highest BCUT2D eigenvalue weighted by atomic mass is 16.5. The molecule has 0 aliphatic heterocycles. The topological polar surface area (TPSA) is 9.23 Å². The fraction of sp³-hybridized carbons (Fsp3) is 0.158. The molecule has 0 amide bonds. The predicted octanol–water partition coefficient (Wildman–Crippen LogP) is 5.41. The third kappa shape index (κ3) is 4.43. The number of benzene rings is 2. The van der Waals surface area contributed by atoms with Gasteiger partial charge in [-0.1, -0.05) is 74.5 Å². The van der Waals surface area contributed by atoms with E-state index in [9.17, 15) is 0 Å². The minimum Gasteiger partial charge on any atom is -0.465 e. The summed E-state index contributed by atoms with van der Waals surface area (Å²) in [5.74, 6) is 1.36. The fourth-order valence-electron chi connectivity index (χ4n) is 1.75. The first kappa shape index (κ1) is 14.1. The second kappa shape index (κ2) is 7.34. The standard InChI is InChI=1S/C19H20O/c1-16(2)14-15-20-19-11-7-6-10-18(19)13-12-17-8-4-3-5-9-17/h3-16H,1-2H3/b13-12+,15-14+. The van der Waals surface area contributed by atoms with Gasteiger partial charge >= 0.3 is 0 Å². The monoisotopic (exact) mass is 264 g/mol. The molecule has 0 radical (unpaired) electrons. The van der Waals surface area contributed by atoms with Crippen LogP contribution >= 0.6 is 0 Å². The van der Waals surface area contributed by atoms with E-state index in [1.54, 1.807) is 6.26 Å². The molecule has 0 aliphatic rings. The van der Waals surface area contributed by atoms with Gasteiger partial charge < -0.3 is 4.74 Å². The Morgan fingerprint density at radius 1 is 0.850 bits per heavy atom. The summed E-state index contributed by atoms with van der Waals surface area (Å²) in [7, 11) is 0. The molecule has 0 saturated carbocycles. The first-order chi connectivity index (χ1) is 9.75. The molecule has 0 N–H and O–H groups in total. The molecule has 0 heterocycles. The highest BCUT2D eigenvalue weighted by Crippen LogP contribution is 2.21. The molecule has 1 nitrogen and oxygen atoms in total. The smallest absolute Gasteiger partial charge is 0.133 e. The number of hydrogen-bond donors (Lipinski definition) is 0. The van der Waals surface area contributed by atoms with Crippen molar-refractivity contribution >= 4 is 12.2 Å². The van der Waals surface area contributed by atoms with Crippen LogP contribution in [0, 0.1) is 5.92 Å². The SMILES string of the molecule is CC(C)/C=C/Oc1ccccc1/C=C/c1ccccc1. The number of ether oxygens (including phenoxy) is 1. The Hall–Kier alpha value is -2.28. The van der Waals surface area contributed by atoms with E-state index in [1.807, 2.05) is 42.5 Å². The molecule has 0 saturated heterocycles. The third-order valence-corrected chi connectivity index (χ3v) is 2.83. The van der Waals surface area contributed by atoms with Gasteiger partial charge in [0, 0.05) is 5.56 Å². The van der Waals surface area contributed by atoms with Crippen LogP contribution in [0.1, 0.15) is 25.0 Å². The predicted molar refractivity (Wildman–Crippen MR) is 86.4 cm³/mol. The minimum atomic E-state index is 0.488. The van der Waals surface area contributed by atoms with Gasteiger partial charge in [0.25, 0.3) is 0 Å². The van der Waals surface area contributed by atoms with Gasteiger partial charge in [0.05, 0.1) is 6.26 Å². The van der Waals surface area contributed by atoms with Crippen molar-refractivity contribution in [3.8, 4) is 5.75 Å². The Bertz CT molecular complexity index is 580. The Kier molecular flexibility index (Phi) is 5.19. The molecule has 0 bridgehead atoms. The van der Waals surface area contributed by atoms with E-state index in [4.69, 9.17) is 4.74 Å². The summed E-state index contributed by atoms with van der Waals surface area (Å²) >= 11 is 0. The van der Waals surface area contributed by atoms with Crippen LogP contribution in [-0.2, 0) is 0 Å². The van der Waals surface area contributed by atoms with Crippen molar-refractivity contribution in [2.24, 2.45) is 5.92 Å². The van der Waals surface area contributed by atoms with Crippen molar-refractivity contribution in [1.29, 1.82) is 0 Å². The van der Waals surface area contributed by atoms with E-state index in [1.165, 1.54) is 5.56 Å². The Morgan fingerprint density at radius 2 is 1.55 bits per heavy atom. The van der Waals surface area contributed by atoms with E-state index < -0.39 is 0 Å². The molecule has 2 rings (SSSR count). The molecule has 0 aromatic heterocycles. The zero-order chi connectivity index (χ0) is 14.2. The highest BCUT2D eigenvalue weighted by molar-refractivity contribution is 5.72. The van der Waals surface area contributed by atoms with Crippen LogP contribution in [0.2, 0.25) is 0 Å². The molecular formula is C19H20O. The second-order valence-corrected chi connectivity index (χ2v) is 4.97. The lowest BCUT2D eigenvalue weighted by molar-refractivity contribution is 0.474. The van der Waals surface area contributed by atoms with E-state index >= 15 is 0 Å². The average Bonchev–Trinajstić information content (AvgIpc) is 2.47. The van der Waals surface area contributed by atoms with Gasteiger partial charge in [-0.25, -0.2) is 0 Å². The molecule has 2 aromatic rings. The Morgan fingerprint density at radius 3 is 2.30 bits per heavy atom. The average molecular weight is 264 g/mol. The largest absolute Gasteiger partial charge is 0.465 e. The molecule has 20 heavy (non-hydrogen) atoms. The molecule has 1 heteroatoms. The summed E-state index contributed by atoms with van der Waals surface area (Å²) in [6, 6.07) is 18.3. The molecule has 0 spiro atoms. The highest BCUT2D eigenvalue weighted by Gasteiger charge is 1.98. The van der Waals surface area contributed by atoms with Crippen LogP contribution in [0.15, 0.2) is 66.9 Å². The molecular weight excluding hydrogens is 244 g/mol. The van der Waals surface area contributed by atoms with Gasteiger partial charge in [-0.05, 0) is 23.6 Å². The molecule has 0 unspecified atom stereocenters. The second-order valence-electron chi connectivity index (χ2n) is 4.97. The van der Waals surface area contributed by atoms with E-state index in [0.29, 0.717) is 5.92 Å². The van der Waals surface area contributed by atoms with Crippen LogP contribution in [0.5, 0.6) is 5.75 Å². The van der Waals surface area contributed by atoms with Gasteiger partial charge in [0.15, 0.2) is 0 Å². The number of allylic oxidation sites excluding steroid dienone is 1. The van der Waals surface area contributed by atoms with Crippen molar-refractivity contribution in [1.82, 2.24) is 0 Å². The summed E-state index contributed by atoms with van der Waals surface area (Å²) in [5, 5.41) is 0. The van der Waals surface area contributed by atoms with Crippen molar-refractivity contribution in [3.05, 3.63) is 78.1 Å². The lowest BCUT2D eigenvalue weighted by Gasteiger charge is -2.05. The quantitative estimate of drug-likeness (QED) is 0.518. The van der Waals surface area contributed by atoms with Gasteiger partial charge in [-0.2, -0.15) is 0 Å². The summed E-state index contributed by atoms with van der Waals surface area (Å²) in [6.45, 7) is 4.25. The summed E-state index contributed by atoms with van der Waals surface area (Å²) < 4.78 is 5.70. The first-order valence-electron chi connectivity index (χ1n) is 6.91. The molecule has 0 fully saturated rings. The van der Waals surface area contributed by atoms with Crippen LogP contribution in [0.3, 0.4) is 0 Å². The maximum absolute atomic E-state index is 5.70. The van der Waals surface area contributed by atoms with E-state index in [-0.39, 0.29) is 0 Å². The number of rotatable bonds is 5. The number of hydrogen-bond acceptors (Lipinski definition) is 1. The van der Waals surface area contributed by atoms with Crippen molar-refractivity contribution in [2.45, 2.75) is 13.8 Å². The lowest BCUT2D eigenvalue weighted by Crippen LogP contribution is -1.87.